The normalized spacial score (nSPS) is 16.6. The van der Waals surface area contributed by atoms with Gasteiger partial charge in [0.25, 0.3) is 0 Å². The summed E-state index contributed by atoms with van der Waals surface area (Å²) in [6.07, 6.45) is 0. The van der Waals surface area contributed by atoms with Crippen LogP contribution in [0.2, 0.25) is 0 Å². The zero-order valence-electron chi connectivity index (χ0n) is 11.5. The molecule has 1 unspecified atom stereocenters. The summed E-state index contributed by atoms with van der Waals surface area (Å²) in [5.41, 5.74) is 5.54. The number of carbonyl (C=O) groups excluding carboxylic acids is 1. The van der Waals surface area contributed by atoms with E-state index in [9.17, 15) is 4.79 Å². The molecule has 1 amide bonds. The molecule has 9 heteroatoms. The predicted molar refractivity (Wildman–Crippen MR) is 71.3 cm³/mol. The van der Waals surface area contributed by atoms with Gasteiger partial charge in [0, 0.05) is 13.1 Å². The van der Waals surface area contributed by atoms with E-state index < -0.39 is 6.04 Å². The molecule has 9 nitrogen and oxygen atoms in total. The lowest BCUT2D eigenvalue weighted by Gasteiger charge is -2.29. The summed E-state index contributed by atoms with van der Waals surface area (Å²) in [4.78, 5) is 25.6. The van der Waals surface area contributed by atoms with Crippen molar-refractivity contribution in [2.75, 3.05) is 44.5 Å². The van der Waals surface area contributed by atoms with Gasteiger partial charge in [-0.1, -0.05) is 0 Å². The van der Waals surface area contributed by atoms with E-state index in [1.807, 2.05) is 0 Å². The van der Waals surface area contributed by atoms with Gasteiger partial charge in [0.2, 0.25) is 17.8 Å². The number of ether oxygens (including phenoxy) is 2. The van der Waals surface area contributed by atoms with Gasteiger partial charge >= 0.3 is 6.01 Å². The van der Waals surface area contributed by atoms with Crippen LogP contribution in [0, 0.1) is 0 Å². The zero-order valence-corrected chi connectivity index (χ0v) is 11.5. The Hall–Kier alpha value is -2.16. The Morgan fingerprint density at radius 2 is 2.10 bits per heavy atom. The average molecular weight is 282 g/mol. The van der Waals surface area contributed by atoms with Crippen LogP contribution in [0.3, 0.4) is 0 Å². The van der Waals surface area contributed by atoms with Crippen molar-refractivity contribution in [3.63, 3.8) is 0 Å². The fourth-order valence-electron chi connectivity index (χ4n) is 1.84. The Bertz CT molecular complexity index is 477. The molecule has 0 aliphatic carbocycles. The lowest BCUT2D eigenvalue weighted by Crippen LogP contribution is -2.47. The molecular formula is C11H18N6O3. The number of rotatable bonds is 4. The van der Waals surface area contributed by atoms with Crippen LogP contribution < -0.4 is 15.8 Å². The number of amides is 1. The topological polar surface area (TPSA) is 115 Å². The standard InChI is InChI=1S/C11H18N6O3/c1-7(8(18)17-3-5-20-6-4-17)13-10-14-9(12)15-11(16-10)19-2/h7H,3-6H2,1-2H3,(H3,12,13,14,15,16). The highest BCUT2D eigenvalue weighted by molar-refractivity contribution is 5.83. The number of anilines is 2. The van der Waals surface area contributed by atoms with E-state index in [1.54, 1.807) is 11.8 Å². The first-order valence-corrected chi connectivity index (χ1v) is 6.28. The molecule has 1 saturated heterocycles. The summed E-state index contributed by atoms with van der Waals surface area (Å²) in [6.45, 7) is 4.04. The van der Waals surface area contributed by atoms with Crippen molar-refractivity contribution in [1.82, 2.24) is 19.9 Å². The third kappa shape index (κ3) is 3.44. The maximum absolute atomic E-state index is 12.2. The zero-order chi connectivity index (χ0) is 14.5. The number of morpholine rings is 1. The van der Waals surface area contributed by atoms with Crippen molar-refractivity contribution in [1.29, 1.82) is 0 Å². The van der Waals surface area contributed by atoms with E-state index in [2.05, 4.69) is 20.3 Å². The highest BCUT2D eigenvalue weighted by atomic mass is 16.5. The third-order valence-corrected chi connectivity index (χ3v) is 2.85. The molecule has 1 aliphatic rings. The van der Waals surface area contributed by atoms with Crippen LogP contribution in [0.5, 0.6) is 6.01 Å². The highest BCUT2D eigenvalue weighted by Gasteiger charge is 2.23. The van der Waals surface area contributed by atoms with Crippen molar-refractivity contribution in [2.45, 2.75) is 13.0 Å². The maximum Gasteiger partial charge on any atom is 0.322 e. The second-order valence-corrected chi connectivity index (χ2v) is 4.31. The molecule has 0 spiro atoms. The molecule has 2 rings (SSSR count). The van der Waals surface area contributed by atoms with Crippen LogP contribution in [0.4, 0.5) is 11.9 Å². The van der Waals surface area contributed by atoms with Crippen molar-refractivity contribution in [2.24, 2.45) is 0 Å². The van der Waals surface area contributed by atoms with Gasteiger partial charge in [0.1, 0.15) is 6.04 Å². The van der Waals surface area contributed by atoms with Crippen molar-refractivity contribution < 1.29 is 14.3 Å². The first kappa shape index (κ1) is 14.3. The van der Waals surface area contributed by atoms with E-state index in [0.717, 1.165) is 0 Å². The molecule has 0 saturated carbocycles. The van der Waals surface area contributed by atoms with Gasteiger partial charge in [0.15, 0.2) is 0 Å². The smallest absolute Gasteiger partial charge is 0.322 e. The summed E-state index contributed by atoms with van der Waals surface area (Å²) in [5, 5.41) is 2.90. The Morgan fingerprint density at radius 3 is 2.75 bits per heavy atom. The number of nitrogen functional groups attached to an aromatic ring is 1. The minimum Gasteiger partial charge on any atom is -0.467 e. The lowest BCUT2D eigenvalue weighted by atomic mass is 10.2. The molecule has 1 atom stereocenters. The summed E-state index contributed by atoms with van der Waals surface area (Å²) < 4.78 is 10.1. The van der Waals surface area contributed by atoms with E-state index in [0.29, 0.717) is 26.3 Å². The number of aromatic nitrogens is 3. The Balaban J connectivity index is 2.01. The highest BCUT2D eigenvalue weighted by Crippen LogP contribution is 2.10. The fraction of sp³-hybridized carbons (Fsp3) is 0.636. The first-order chi connectivity index (χ1) is 9.60. The fourth-order valence-corrected chi connectivity index (χ4v) is 1.84. The molecule has 1 fully saturated rings. The molecule has 1 aliphatic heterocycles. The van der Waals surface area contributed by atoms with Crippen LogP contribution in [0.25, 0.3) is 0 Å². The van der Waals surface area contributed by atoms with E-state index >= 15 is 0 Å². The Labute approximate surface area is 116 Å². The van der Waals surface area contributed by atoms with Crippen LogP contribution in [-0.4, -0.2) is 65.2 Å². The van der Waals surface area contributed by atoms with Crippen LogP contribution >= 0.6 is 0 Å². The summed E-state index contributed by atoms with van der Waals surface area (Å²) >= 11 is 0. The van der Waals surface area contributed by atoms with Gasteiger partial charge in [-0.25, -0.2) is 0 Å². The van der Waals surface area contributed by atoms with Gasteiger partial charge in [-0.3, -0.25) is 4.79 Å². The maximum atomic E-state index is 12.2. The van der Waals surface area contributed by atoms with Gasteiger partial charge in [0.05, 0.1) is 20.3 Å². The molecular weight excluding hydrogens is 264 g/mol. The third-order valence-electron chi connectivity index (χ3n) is 2.85. The van der Waals surface area contributed by atoms with Crippen LogP contribution in [0.15, 0.2) is 0 Å². The van der Waals surface area contributed by atoms with E-state index in [-0.39, 0.29) is 23.8 Å². The second-order valence-electron chi connectivity index (χ2n) is 4.31. The quantitative estimate of drug-likeness (QED) is 0.731. The number of carbonyl (C=O) groups is 1. The van der Waals surface area contributed by atoms with Gasteiger partial charge in [-0.05, 0) is 6.92 Å². The Morgan fingerprint density at radius 1 is 1.40 bits per heavy atom. The molecule has 1 aromatic heterocycles. The van der Waals surface area contributed by atoms with Gasteiger partial charge in [-0.2, -0.15) is 15.0 Å². The first-order valence-electron chi connectivity index (χ1n) is 6.28. The minimum absolute atomic E-state index is 0.0328. The average Bonchev–Trinajstić information content (AvgIpc) is 2.46. The van der Waals surface area contributed by atoms with E-state index in [4.69, 9.17) is 15.2 Å². The molecule has 0 bridgehead atoms. The number of methoxy groups -OCH3 is 1. The molecule has 0 aromatic carbocycles. The molecule has 0 radical (unpaired) electrons. The van der Waals surface area contributed by atoms with Crippen molar-refractivity contribution in [3.05, 3.63) is 0 Å². The van der Waals surface area contributed by atoms with Crippen LogP contribution in [0.1, 0.15) is 6.92 Å². The SMILES string of the molecule is COc1nc(N)nc(NC(C)C(=O)N2CCOCC2)n1. The molecule has 2 heterocycles. The van der Waals surface area contributed by atoms with Crippen LogP contribution in [-0.2, 0) is 9.53 Å². The number of nitrogens with one attached hydrogen (secondary N) is 1. The minimum atomic E-state index is -0.473. The second kappa shape index (κ2) is 6.33. The number of nitrogens with two attached hydrogens (primary N) is 1. The number of nitrogens with zero attached hydrogens (tertiary/aromatic N) is 4. The molecule has 3 N–H and O–H groups in total. The largest absolute Gasteiger partial charge is 0.467 e. The molecule has 20 heavy (non-hydrogen) atoms. The summed E-state index contributed by atoms with van der Waals surface area (Å²) in [5.74, 6) is 0.208. The predicted octanol–water partition coefficient (Wildman–Crippen LogP) is -0.878. The number of hydrogen-bond donors (Lipinski definition) is 2. The van der Waals surface area contributed by atoms with Gasteiger partial charge in [-0.15, -0.1) is 0 Å². The van der Waals surface area contributed by atoms with Gasteiger partial charge < -0.3 is 25.4 Å². The summed E-state index contributed by atoms with van der Waals surface area (Å²) in [7, 11) is 1.43. The van der Waals surface area contributed by atoms with Crippen molar-refractivity contribution in [3.8, 4) is 6.01 Å². The molecule has 1 aromatic rings. The monoisotopic (exact) mass is 282 g/mol. The lowest BCUT2D eigenvalue weighted by molar-refractivity contribution is -0.135. The van der Waals surface area contributed by atoms with Crippen molar-refractivity contribution >= 4 is 17.8 Å². The Kier molecular flexibility index (Phi) is 4.51. The van der Waals surface area contributed by atoms with E-state index in [1.165, 1.54) is 7.11 Å². The summed E-state index contributed by atoms with van der Waals surface area (Å²) in [6, 6.07) is -0.370. The number of hydrogen-bond acceptors (Lipinski definition) is 8. The molecule has 110 valence electrons.